The minimum absolute atomic E-state index is 0.0178. The minimum atomic E-state index is -0.677. The number of hydrogen-bond acceptors (Lipinski definition) is 3. The van der Waals surface area contributed by atoms with Gasteiger partial charge < -0.3 is 10.5 Å². The number of carbonyl (C=O) groups excluding carboxylic acids is 1. The van der Waals surface area contributed by atoms with Crippen molar-refractivity contribution < 1.29 is 10.0 Å². The summed E-state index contributed by atoms with van der Waals surface area (Å²) in [6.07, 6.45) is 0. The van der Waals surface area contributed by atoms with Gasteiger partial charge in [0, 0.05) is 11.0 Å². The summed E-state index contributed by atoms with van der Waals surface area (Å²) >= 11 is 0. The van der Waals surface area contributed by atoms with Crippen LogP contribution in [0.5, 0.6) is 0 Å². The molecule has 1 aromatic heterocycles. The highest BCUT2D eigenvalue weighted by molar-refractivity contribution is 6.03. The topological polar surface area (TPSA) is 71.3 Å². The molecule has 0 spiro atoms. The number of nitrogens with one attached hydrogen (secondary N) is 1. The highest BCUT2D eigenvalue weighted by atomic mass is 16.5. The fourth-order valence-corrected chi connectivity index (χ4v) is 1.56. The first-order valence-electron chi connectivity index (χ1n) is 5.31. The molecule has 0 aliphatic rings. The number of nitrogens with zero attached hydrogens (tertiary/aromatic N) is 1. The molecule has 2 aromatic rings. The van der Waals surface area contributed by atoms with Gasteiger partial charge >= 0.3 is 5.56 Å². The van der Waals surface area contributed by atoms with Crippen LogP contribution in [0.15, 0.2) is 47.3 Å². The first-order chi connectivity index (χ1) is 8.50. The van der Waals surface area contributed by atoms with E-state index < -0.39 is 11.5 Å². The Balaban J connectivity index is 2.59. The number of amides is 1. The summed E-state index contributed by atoms with van der Waals surface area (Å²) < 4.78 is 0.517. The highest BCUT2D eigenvalue weighted by Crippen LogP contribution is 2.14. The van der Waals surface area contributed by atoms with Crippen molar-refractivity contribution in [1.82, 2.24) is 4.73 Å². The Bertz CT molecular complexity index is 701. The Labute approximate surface area is 103 Å². The highest BCUT2D eigenvalue weighted by Gasteiger charge is 2.11. The van der Waals surface area contributed by atoms with Gasteiger partial charge in [-0.1, -0.05) is 24.8 Å². The van der Waals surface area contributed by atoms with Gasteiger partial charge in [-0.15, -0.1) is 4.73 Å². The zero-order chi connectivity index (χ0) is 13.3. The number of hydrogen-bond donors (Lipinski definition) is 2. The van der Waals surface area contributed by atoms with Crippen LogP contribution < -0.4 is 10.9 Å². The van der Waals surface area contributed by atoms with Crippen molar-refractivity contribution >= 4 is 22.5 Å². The van der Waals surface area contributed by atoms with Gasteiger partial charge in [0.25, 0.3) is 5.91 Å². The number of carbonyl (C=O) groups is 1. The molecular weight excluding hydrogens is 232 g/mol. The number of benzene rings is 1. The Morgan fingerprint density at radius 1 is 1.39 bits per heavy atom. The second-order valence-corrected chi connectivity index (χ2v) is 3.97. The summed E-state index contributed by atoms with van der Waals surface area (Å²) in [6, 6.07) is 8.35. The second kappa shape index (κ2) is 4.37. The van der Waals surface area contributed by atoms with E-state index in [2.05, 4.69) is 11.9 Å². The summed E-state index contributed by atoms with van der Waals surface area (Å²) in [4.78, 5) is 23.3. The van der Waals surface area contributed by atoms with Gasteiger partial charge in [-0.25, -0.2) is 0 Å². The standard InChI is InChI=1S/C13H12N2O3/c1-8(2)12(16)14-10-7-9-5-3-4-6-11(9)15(18)13(10)17/h3-7,18H,1H2,2H3,(H,14,16). The molecule has 5 nitrogen and oxygen atoms in total. The van der Waals surface area contributed by atoms with Crippen LogP contribution in [-0.4, -0.2) is 15.8 Å². The van der Waals surface area contributed by atoms with Gasteiger partial charge in [-0.3, -0.25) is 9.59 Å². The molecule has 0 saturated heterocycles. The van der Waals surface area contributed by atoms with Crippen molar-refractivity contribution in [2.75, 3.05) is 5.32 Å². The number of pyridine rings is 1. The molecule has 18 heavy (non-hydrogen) atoms. The maximum atomic E-state index is 11.8. The van der Waals surface area contributed by atoms with Crippen molar-refractivity contribution in [1.29, 1.82) is 0 Å². The zero-order valence-electron chi connectivity index (χ0n) is 9.80. The van der Waals surface area contributed by atoms with Gasteiger partial charge in [-0.2, -0.15) is 0 Å². The third kappa shape index (κ3) is 1.98. The average molecular weight is 244 g/mol. The quantitative estimate of drug-likeness (QED) is 0.624. The molecule has 1 heterocycles. The lowest BCUT2D eigenvalue weighted by Gasteiger charge is -2.08. The average Bonchev–Trinajstić information content (AvgIpc) is 2.35. The number of rotatable bonds is 2. The van der Waals surface area contributed by atoms with Crippen LogP contribution in [0.4, 0.5) is 5.69 Å². The smallest absolute Gasteiger partial charge is 0.307 e. The molecule has 2 N–H and O–H groups in total. The number of aromatic nitrogens is 1. The molecule has 92 valence electrons. The molecule has 0 aliphatic carbocycles. The largest absolute Gasteiger partial charge is 0.425 e. The van der Waals surface area contributed by atoms with Crippen LogP contribution in [0, 0.1) is 0 Å². The number of anilines is 1. The fraction of sp³-hybridized carbons (Fsp3) is 0.0769. The van der Waals surface area contributed by atoms with Gasteiger partial charge in [0.05, 0.1) is 5.52 Å². The molecule has 0 radical (unpaired) electrons. The molecule has 1 aromatic carbocycles. The predicted octanol–water partition coefficient (Wildman–Crippen LogP) is 1.75. The summed E-state index contributed by atoms with van der Waals surface area (Å²) in [5, 5.41) is 12.8. The minimum Gasteiger partial charge on any atom is -0.425 e. The van der Waals surface area contributed by atoms with E-state index in [9.17, 15) is 14.8 Å². The molecule has 2 rings (SSSR count). The fourth-order valence-electron chi connectivity index (χ4n) is 1.56. The molecule has 1 amide bonds. The normalized spacial score (nSPS) is 10.3. The number of para-hydroxylation sites is 1. The Hall–Kier alpha value is -2.56. The van der Waals surface area contributed by atoms with Crippen LogP contribution in [-0.2, 0) is 4.79 Å². The van der Waals surface area contributed by atoms with Gasteiger partial charge in [0.15, 0.2) is 0 Å². The first kappa shape index (κ1) is 11.9. The first-order valence-corrected chi connectivity index (χ1v) is 5.31. The van der Waals surface area contributed by atoms with E-state index in [1.54, 1.807) is 24.3 Å². The molecule has 0 bridgehead atoms. The molecular formula is C13H12N2O3. The lowest BCUT2D eigenvalue weighted by atomic mass is 10.2. The van der Waals surface area contributed by atoms with E-state index in [-0.39, 0.29) is 11.3 Å². The van der Waals surface area contributed by atoms with Gasteiger partial charge in [-0.05, 0) is 19.1 Å². The SMILES string of the molecule is C=C(C)C(=O)Nc1cc2ccccc2n(O)c1=O. The van der Waals surface area contributed by atoms with Crippen molar-refractivity contribution in [2.45, 2.75) is 6.92 Å². The molecule has 0 fully saturated rings. The second-order valence-electron chi connectivity index (χ2n) is 3.97. The van der Waals surface area contributed by atoms with Gasteiger partial charge in [0.2, 0.25) is 0 Å². The van der Waals surface area contributed by atoms with Crippen molar-refractivity contribution in [2.24, 2.45) is 0 Å². The van der Waals surface area contributed by atoms with Gasteiger partial charge in [0.1, 0.15) is 5.69 Å². The summed E-state index contributed by atoms with van der Waals surface area (Å²) in [5.74, 6) is -0.456. The third-order valence-corrected chi connectivity index (χ3v) is 2.52. The van der Waals surface area contributed by atoms with Crippen LogP contribution in [0.1, 0.15) is 6.92 Å². The van der Waals surface area contributed by atoms with Crippen LogP contribution in [0.25, 0.3) is 10.9 Å². The van der Waals surface area contributed by atoms with Crippen LogP contribution in [0.3, 0.4) is 0 Å². The van der Waals surface area contributed by atoms with Crippen molar-refractivity contribution in [3.8, 4) is 0 Å². The van der Waals surface area contributed by atoms with E-state index in [1.165, 1.54) is 13.0 Å². The van der Waals surface area contributed by atoms with Crippen molar-refractivity contribution in [3.05, 3.63) is 52.8 Å². The van der Waals surface area contributed by atoms with Crippen molar-refractivity contribution in [3.63, 3.8) is 0 Å². The maximum Gasteiger partial charge on any atom is 0.307 e. The lowest BCUT2D eigenvalue weighted by molar-refractivity contribution is -0.112. The predicted molar refractivity (Wildman–Crippen MR) is 68.8 cm³/mol. The Morgan fingerprint density at radius 2 is 2.06 bits per heavy atom. The van der Waals surface area contributed by atoms with E-state index in [0.29, 0.717) is 15.6 Å². The monoisotopic (exact) mass is 244 g/mol. The zero-order valence-corrected chi connectivity index (χ0v) is 9.80. The molecule has 5 heteroatoms. The molecule has 0 saturated carbocycles. The summed E-state index contributed by atoms with van der Waals surface area (Å²) in [5.41, 5.74) is 0.00960. The molecule has 0 unspecified atom stereocenters. The van der Waals surface area contributed by atoms with E-state index in [1.807, 2.05) is 0 Å². The Kier molecular flexibility index (Phi) is 2.89. The van der Waals surface area contributed by atoms with Crippen LogP contribution in [0.2, 0.25) is 0 Å². The Morgan fingerprint density at radius 3 is 2.72 bits per heavy atom. The maximum absolute atomic E-state index is 11.8. The lowest BCUT2D eigenvalue weighted by Crippen LogP contribution is -2.25. The summed E-state index contributed by atoms with van der Waals surface area (Å²) in [7, 11) is 0. The van der Waals surface area contributed by atoms with E-state index >= 15 is 0 Å². The molecule has 0 aliphatic heterocycles. The summed E-state index contributed by atoms with van der Waals surface area (Å²) in [6.45, 7) is 5.02. The van der Waals surface area contributed by atoms with E-state index in [0.717, 1.165) is 0 Å². The van der Waals surface area contributed by atoms with Crippen LogP contribution >= 0.6 is 0 Å². The third-order valence-electron chi connectivity index (χ3n) is 2.52. The molecule has 0 atom stereocenters. The van der Waals surface area contributed by atoms with E-state index in [4.69, 9.17) is 0 Å². The number of fused-ring (bicyclic) bond motifs is 1.